The molecule has 0 saturated carbocycles. The standard InChI is InChI=1S/C74H98N7O4/c1-11-12-13-14-15-16-17-18-19-20-51-82-59-32-24-55(25-33-59)71-63-40-42-65(75-63)72(56-26-34-60(35-27-56)83-52-21-48-79(2,3)4)67-44-46-69(77-67)74(58-30-38-62(39-31-58)85-54-23-50-81(8,9)10)70-47-45-68(78-70)73(66-43-41-64(71)76-66)57-28-36-61(37-29-57)84-53-22-49-80(5,6)7/h24-47,75-78H,11-23,48-54H2,1-10H3/q+3. The molecule has 0 atom stereocenters. The van der Waals surface area contributed by atoms with E-state index in [0.717, 1.165) is 177 Å². The second-order valence-electron chi connectivity index (χ2n) is 26.4. The lowest BCUT2D eigenvalue weighted by atomic mass is 10.0. The fraction of sp³-hybridized carbons (Fsp3) is 0.405. The number of aromatic amines is 4. The van der Waals surface area contributed by atoms with Crippen LogP contribution in [0, 0.1) is 0 Å². The molecule has 0 fully saturated rings. The maximum Gasteiger partial charge on any atom is 0.119 e. The first-order valence-electron chi connectivity index (χ1n) is 31.6. The Kier molecular flexibility index (Phi) is 21.3. The second kappa shape index (κ2) is 29.1. The van der Waals surface area contributed by atoms with Gasteiger partial charge in [0.1, 0.15) is 23.0 Å². The number of nitrogens with zero attached hydrogens (tertiary/aromatic N) is 3. The van der Waals surface area contributed by atoms with Gasteiger partial charge in [-0.3, -0.25) is 0 Å². The molecule has 11 nitrogen and oxygen atoms in total. The third-order valence-corrected chi connectivity index (χ3v) is 16.0. The van der Waals surface area contributed by atoms with Crippen LogP contribution in [0.15, 0.2) is 146 Å². The molecule has 1 aliphatic heterocycles. The first kappa shape index (κ1) is 62.1. The summed E-state index contributed by atoms with van der Waals surface area (Å²) in [5, 5.41) is 3.92. The van der Waals surface area contributed by atoms with Gasteiger partial charge in [-0.1, -0.05) is 113 Å². The molecular weight excluding hydrogens is 1050 g/mol. The summed E-state index contributed by atoms with van der Waals surface area (Å²) in [5.41, 5.74) is 12.4. The number of benzene rings is 4. The Morgan fingerprint density at radius 3 is 0.741 bits per heavy atom. The highest BCUT2D eigenvalue weighted by molar-refractivity contribution is 5.85. The Morgan fingerprint density at radius 1 is 0.259 bits per heavy atom. The van der Waals surface area contributed by atoms with Crippen molar-refractivity contribution < 1.29 is 32.4 Å². The summed E-state index contributed by atoms with van der Waals surface area (Å²) in [6, 6.07) is 52.1. The molecule has 8 bridgehead atoms. The van der Waals surface area contributed by atoms with E-state index in [9.17, 15) is 0 Å². The number of rotatable bonds is 31. The fourth-order valence-corrected chi connectivity index (χ4v) is 11.4. The molecule has 0 aliphatic carbocycles. The Labute approximate surface area is 507 Å². The SMILES string of the molecule is CCCCCCCCCCCCOc1ccc(C2=c3ccc([nH]3)=C(c3ccc(OCCC[N+](C)(C)C)cc3)c3ccc([nH]3)C(c3ccc(OCCC[N+](C)(C)C)cc3)=c3ccc([nH]3)=C(c3ccc(OCCC[N+](C)(C)C)cc3)c3ccc2[nH]3)cc1. The number of fused-ring (bicyclic) bond motifs is 8. The minimum Gasteiger partial charge on any atom is -0.494 e. The van der Waals surface area contributed by atoms with Gasteiger partial charge in [0, 0.05) is 85.7 Å². The number of hydrogen-bond acceptors (Lipinski definition) is 4. The Balaban J connectivity index is 1.14. The van der Waals surface area contributed by atoms with Gasteiger partial charge in [0.2, 0.25) is 0 Å². The van der Waals surface area contributed by atoms with Crippen molar-refractivity contribution in [2.45, 2.75) is 90.4 Å². The molecule has 9 rings (SSSR count). The maximum absolute atomic E-state index is 6.39. The highest BCUT2D eigenvalue weighted by Gasteiger charge is 2.20. The van der Waals surface area contributed by atoms with E-state index in [2.05, 4.69) is 236 Å². The Hall–Kier alpha value is -7.44. The molecule has 4 aromatic heterocycles. The molecule has 11 heteroatoms. The summed E-state index contributed by atoms with van der Waals surface area (Å²) in [4.78, 5) is 15.9. The number of H-pyrrole nitrogens is 4. The minimum absolute atomic E-state index is 0.664. The largest absolute Gasteiger partial charge is 0.494 e. The predicted molar refractivity (Wildman–Crippen MR) is 350 cm³/mol. The zero-order chi connectivity index (χ0) is 59.8. The van der Waals surface area contributed by atoms with Crippen molar-refractivity contribution in [3.8, 4) is 23.0 Å². The van der Waals surface area contributed by atoms with Crippen LogP contribution >= 0.6 is 0 Å². The molecule has 8 aromatic rings. The fourth-order valence-electron chi connectivity index (χ4n) is 11.4. The summed E-state index contributed by atoms with van der Waals surface area (Å²) in [6.07, 6.45) is 15.9. The maximum atomic E-state index is 6.39. The van der Waals surface area contributed by atoms with E-state index in [1.54, 1.807) is 0 Å². The first-order valence-corrected chi connectivity index (χ1v) is 31.6. The van der Waals surface area contributed by atoms with Crippen molar-refractivity contribution in [3.05, 3.63) is 212 Å². The summed E-state index contributed by atoms with van der Waals surface area (Å²) in [7, 11) is 20.0. The van der Waals surface area contributed by atoms with Gasteiger partial charge in [-0.2, -0.15) is 0 Å². The molecule has 4 aromatic carbocycles. The minimum atomic E-state index is 0.664. The van der Waals surface area contributed by atoms with Gasteiger partial charge in [-0.05, 0) is 126 Å². The van der Waals surface area contributed by atoms with Gasteiger partial charge < -0.3 is 52.3 Å². The van der Waals surface area contributed by atoms with Crippen molar-refractivity contribution in [2.24, 2.45) is 0 Å². The number of unbranched alkanes of at least 4 members (excludes halogenated alkanes) is 9. The first-order chi connectivity index (χ1) is 41.0. The predicted octanol–water partition coefficient (Wildman–Crippen LogP) is 12.0. The van der Waals surface area contributed by atoms with Crippen LogP contribution < -0.4 is 40.3 Å². The summed E-state index contributed by atoms with van der Waals surface area (Å²) < 4.78 is 28.1. The highest BCUT2D eigenvalue weighted by Crippen LogP contribution is 2.31. The molecule has 0 spiro atoms. The van der Waals surface area contributed by atoms with E-state index < -0.39 is 0 Å². The van der Waals surface area contributed by atoms with E-state index >= 15 is 0 Å². The van der Waals surface area contributed by atoms with Gasteiger partial charge in [0.25, 0.3) is 0 Å². The average molecular weight is 1150 g/mol. The molecule has 0 unspecified atom stereocenters. The quantitative estimate of drug-likeness (QED) is 0.0257. The molecule has 0 radical (unpaired) electrons. The van der Waals surface area contributed by atoms with Gasteiger partial charge in [-0.25, -0.2) is 0 Å². The highest BCUT2D eigenvalue weighted by atomic mass is 16.5. The molecule has 1 aliphatic rings. The van der Waals surface area contributed by atoms with Crippen LogP contribution in [0.5, 0.6) is 23.0 Å². The number of quaternary nitrogens is 3. The summed E-state index contributed by atoms with van der Waals surface area (Å²) >= 11 is 0. The van der Waals surface area contributed by atoms with Crippen LogP contribution in [0.25, 0.3) is 22.3 Å². The van der Waals surface area contributed by atoms with E-state index in [1.807, 2.05) is 0 Å². The van der Waals surface area contributed by atoms with Crippen LogP contribution in [0.4, 0.5) is 0 Å². The number of ether oxygens (including phenoxy) is 4. The lowest BCUT2D eigenvalue weighted by Crippen LogP contribution is -2.36. The molecule has 4 N–H and O–H groups in total. The van der Waals surface area contributed by atoms with Gasteiger partial charge in [-0.15, -0.1) is 0 Å². The molecule has 85 heavy (non-hydrogen) atoms. The van der Waals surface area contributed by atoms with E-state index in [0.29, 0.717) is 19.8 Å². The third kappa shape index (κ3) is 18.0. The van der Waals surface area contributed by atoms with E-state index in [4.69, 9.17) is 18.9 Å². The Morgan fingerprint density at radius 2 is 0.494 bits per heavy atom. The zero-order valence-corrected chi connectivity index (χ0v) is 53.0. The van der Waals surface area contributed by atoms with Crippen molar-refractivity contribution in [1.82, 2.24) is 19.9 Å². The van der Waals surface area contributed by atoms with Crippen molar-refractivity contribution in [3.63, 3.8) is 0 Å². The van der Waals surface area contributed by atoms with Gasteiger partial charge >= 0.3 is 0 Å². The second-order valence-corrected chi connectivity index (χ2v) is 26.4. The zero-order valence-electron chi connectivity index (χ0n) is 53.0. The van der Waals surface area contributed by atoms with Crippen molar-refractivity contribution >= 4 is 22.3 Å². The summed E-state index contributed by atoms with van der Waals surface area (Å²) in [6.45, 7) is 8.12. The van der Waals surface area contributed by atoms with Crippen LogP contribution in [0.2, 0.25) is 0 Å². The Bertz CT molecular complexity index is 3620. The molecule has 5 heterocycles. The smallest absolute Gasteiger partial charge is 0.119 e. The number of nitrogens with one attached hydrogen (secondary N) is 4. The lowest BCUT2D eigenvalue weighted by molar-refractivity contribution is -0.870. The van der Waals surface area contributed by atoms with Crippen LogP contribution in [-0.2, 0) is 0 Å². The van der Waals surface area contributed by atoms with Crippen molar-refractivity contribution in [1.29, 1.82) is 0 Å². The number of hydrogen-bond donors (Lipinski definition) is 4. The lowest BCUT2D eigenvalue weighted by Gasteiger charge is -2.23. The van der Waals surface area contributed by atoms with E-state index in [1.165, 1.54) is 57.8 Å². The molecular formula is C74H98N7O4+3. The van der Waals surface area contributed by atoms with Gasteiger partial charge in [0.15, 0.2) is 0 Å². The van der Waals surface area contributed by atoms with Crippen LogP contribution in [-0.4, -0.2) is 143 Å². The number of aromatic nitrogens is 4. The average Bonchev–Trinajstić information content (AvgIpc) is 2.99. The van der Waals surface area contributed by atoms with Gasteiger partial charge in [0.05, 0.1) is 109 Å². The monoisotopic (exact) mass is 1150 g/mol. The third-order valence-electron chi connectivity index (χ3n) is 16.0. The topological polar surface area (TPSA) is 100 Å². The molecule has 0 saturated heterocycles. The molecule has 450 valence electrons. The van der Waals surface area contributed by atoms with Crippen LogP contribution in [0.3, 0.4) is 0 Å². The summed E-state index contributed by atoms with van der Waals surface area (Å²) in [5.74, 6) is 3.46. The van der Waals surface area contributed by atoms with Crippen LogP contribution in [0.1, 0.15) is 135 Å². The van der Waals surface area contributed by atoms with Crippen molar-refractivity contribution in [2.75, 3.05) is 109 Å². The van der Waals surface area contributed by atoms with E-state index in [-0.39, 0.29) is 0 Å². The normalized spacial score (nSPS) is 13.0. The molecule has 0 amide bonds.